The molecule has 1 spiro atoms. The molecule has 2 aliphatic rings. The molecule has 1 aliphatic carbocycles. The van der Waals surface area contributed by atoms with Crippen LogP contribution in [0.15, 0.2) is 0 Å². The lowest BCUT2D eigenvalue weighted by Gasteiger charge is -2.15. The van der Waals surface area contributed by atoms with Gasteiger partial charge in [0.25, 0.3) is 0 Å². The van der Waals surface area contributed by atoms with Crippen LogP contribution < -0.4 is 0 Å². The van der Waals surface area contributed by atoms with Gasteiger partial charge in [-0.3, -0.25) is 4.84 Å². The van der Waals surface area contributed by atoms with Crippen LogP contribution in [0.3, 0.4) is 0 Å². The van der Waals surface area contributed by atoms with Gasteiger partial charge in [0.05, 0.1) is 6.26 Å². The summed E-state index contributed by atoms with van der Waals surface area (Å²) in [5.41, 5.74) is -0.425. The van der Waals surface area contributed by atoms with Crippen molar-refractivity contribution in [1.82, 2.24) is 4.47 Å². The lowest BCUT2D eigenvalue weighted by atomic mass is 9.94. The van der Waals surface area contributed by atoms with Gasteiger partial charge in [0, 0.05) is 0 Å². The normalized spacial score (nSPS) is 33.6. The average molecular weight is 191 g/mol. The van der Waals surface area contributed by atoms with Crippen molar-refractivity contribution >= 4 is 10.0 Å². The predicted molar refractivity (Wildman–Crippen MR) is 43.6 cm³/mol. The van der Waals surface area contributed by atoms with Gasteiger partial charge in [-0.25, -0.2) is 8.42 Å². The van der Waals surface area contributed by atoms with Crippen molar-refractivity contribution in [2.45, 2.75) is 37.8 Å². The minimum atomic E-state index is -3.13. The van der Waals surface area contributed by atoms with Crippen LogP contribution in [-0.2, 0) is 14.9 Å². The Morgan fingerprint density at radius 3 is 2.25 bits per heavy atom. The Morgan fingerprint density at radius 2 is 1.83 bits per heavy atom. The summed E-state index contributed by atoms with van der Waals surface area (Å²) in [5.74, 6) is 0. The van der Waals surface area contributed by atoms with Crippen molar-refractivity contribution in [3.63, 3.8) is 0 Å². The zero-order valence-corrected chi connectivity index (χ0v) is 7.93. The van der Waals surface area contributed by atoms with Crippen molar-refractivity contribution in [3.05, 3.63) is 0 Å². The van der Waals surface area contributed by atoms with Gasteiger partial charge < -0.3 is 0 Å². The number of hydrogen-bond donors (Lipinski definition) is 0. The number of nitrogens with zero attached hydrogens (tertiary/aromatic N) is 1. The molecule has 0 bridgehead atoms. The topological polar surface area (TPSA) is 49.7 Å². The van der Waals surface area contributed by atoms with Gasteiger partial charge in [0.1, 0.15) is 0 Å². The lowest BCUT2D eigenvalue weighted by Crippen LogP contribution is -2.25. The van der Waals surface area contributed by atoms with Crippen LogP contribution in [0.1, 0.15) is 32.1 Å². The van der Waals surface area contributed by atoms with E-state index in [2.05, 4.69) is 0 Å². The molecule has 0 radical (unpaired) electrons. The summed E-state index contributed by atoms with van der Waals surface area (Å²) in [6, 6.07) is 0. The molecule has 0 N–H and O–H groups in total. The number of hydroxylamine groups is 1. The third-order valence-electron chi connectivity index (χ3n) is 2.49. The van der Waals surface area contributed by atoms with Gasteiger partial charge in [-0.2, -0.15) is 0 Å². The number of hydrogen-bond acceptors (Lipinski definition) is 3. The fourth-order valence-electron chi connectivity index (χ4n) is 1.88. The maximum Gasteiger partial charge on any atom is 0.236 e. The van der Waals surface area contributed by atoms with E-state index in [0.29, 0.717) is 0 Å². The van der Waals surface area contributed by atoms with Crippen molar-refractivity contribution < 1.29 is 13.3 Å². The minimum absolute atomic E-state index is 0.425. The molecule has 1 unspecified atom stereocenters. The number of rotatable bonds is 1. The molecule has 2 rings (SSSR count). The SMILES string of the molecule is CS(=O)(=O)N1OC12CCCCC2. The maximum absolute atomic E-state index is 11.1. The summed E-state index contributed by atoms with van der Waals surface area (Å²) >= 11 is 0. The first kappa shape index (κ1) is 8.47. The molecule has 2 fully saturated rings. The fraction of sp³-hybridized carbons (Fsp3) is 1.00. The monoisotopic (exact) mass is 191 g/mol. The summed E-state index contributed by atoms with van der Waals surface area (Å²) < 4.78 is 23.3. The predicted octanol–water partition coefficient (Wildman–Crippen LogP) is 0.854. The highest BCUT2D eigenvalue weighted by Gasteiger charge is 2.60. The Kier molecular flexibility index (Phi) is 1.72. The minimum Gasteiger partial charge on any atom is -0.256 e. The van der Waals surface area contributed by atoms with Gasteiger partial charge in [-0.05, 0) is 30.2 Å². The molecule has 5 heteroatoms. The van der Waals surface area contributed by atoms with Crippen LogP contribution in [0.25, 0.3) is 0 Å². The average Bonchev–Trinajstić information content (AvgIpc) is 2.65. The highest BCUT2D eigenvalue weighted by Crippen LogP contribution is 2.48. The zero-order valence-electron chi connectivity index (χ0n) is 7.12. The summed E-state index contributed by atoms with van der Waals surface area (Å²) in [7, 11) is -3.13. The third kappa shape index (κ3) is 1.26. The van der Waals surface area contributed by atoms with Crippen molar-refractivity contribution in [1.29, 1.82) is 0 Å². The highest BCUT2D eigenvalue weighted by atomic mass is 32.2. The molecule has 0 aromatic carbocycles. The summed E-state index contributed by atoms with van der Waals surface area (Å²) in [5, 5.41) is 0. The first-order valence-electron chi connectivity index (χ1n) is 4.24. The molecule has 0 amide bonds. The zero-order chi connectivity index (χ0) is 8.82. The van der Waals surface area contributed by atoms with Crippen LogP contribution in [0.2, 0.25) is 0 Å². The smallest absolute Gasteiger partial charge is 0.236 e. The Labute approximate surface area is 72.5 Å². The second-order valence-electron chi connectivity index (χ2n) is 3.59. The van der Waals surface area contributed by atoms with Crippen LogP contribution >= 0.6 is 0 Å². The second-order valence-corrected chi connectivity index (χ2v) is 5.39. The van der Waals surface area contributed by atoms with Crippen LogP contribution in [0, 0.1) is 0 Å². The summed E-state index contributed by atoms with van der Waals surface area (Å²) in [6.07, 6.45) is 6.26. The standard InChI is InChI=1S/C7H13NO3S/c1-12(9,10)8-7(11-8)5-3-2-4-6-7/h2-6H2,1H3. The third-order valence-corrected chi connectivity index (χ3v) is 3.50. The first-order chi connectivity index (χ1) is 5.55. The van der Waals surface area contributed by atoms with E-state index in [4.69, 9.17) is 4.84 Å². The molecule has 1 heterocycles. The van der Waals surface area contributed by atoms with E-state index in [0.717, 1.165) is 25.7 Å². The van der Waals surface area contributed by atoms with E-state index in [9.17, 15) is 8.42 Å². The Bertz CT molecular complexity index is 279. The lowest BCUT2D eigenvalue weighted by molar-refractivity contribution is 0.219. The second kappa shape index (κ2) is 2.43. The van der Waals surface area contributed by atoms with E-state index in [1.807, 2.05) is 0 Å². The largest absolute Gasteiger partial charge is 0.256 e. The van der Waals surface area contributed by atoms with Crippen molar-refractivity contribution in [2.75, 3.05) is 6.26 Å². The Hall–Kier alpha value is -0.130. The highest BCUT2D eigenvalue weighted by molar-refractivity contribution is 7.88. The van der Waals surface area contributed by atoms with Gasteiger partial charge >= 0.3 is 0 Å². The Morgan fingerprint density at radius 1 is 1.25 bits per heavy atom. The molecule has 70 valence electrons. The van der Waals surface area contributed by atoms with Crippen LogP contribution in [0.4, 0.5) is 0 Å². The molecular weight excluding hydrogens is 178 g/mol. The molecule has 1 aliphatic heterocycles. The molecule has 1 saturated heterocycles. The molecule has 0 aromatic rings. The van der Waals surface area contributed by atoms with E-state index in [1.54, 1.807) is 0 Å². The van der Waals surface area contributed by atoms with Gasteiger partial charge in [-0.1, -0.05) is 6.42 Å². The fourth-order valence-corrected chi connectivity index (χ4v) is 2.94. The molecule has 0 aromatic heterocycles. The summed E-state index contributed by atoms with van der Waals surface area (Å²) in [6.45, 7) is 0. The van der Waals surface area contributed by atoms with Gasteiger partial charge in [0.15, 0.2) is 5.72 Å². The van der Waals surface area contributed by atoms with Gasteiger partial charge in [0.2, 0.25) is 10.0 Å². The van der Waals surface area contributed by atoms with Crippen molar-refractivity contribution in [3.8, 4) is 0 Å². The number of sulfonamides is 1. The molecule has 12 heavy (non-hydrogen) atoms. The van der Waals surface area contributed by atoms with Crippen molar-refractivity contribution in [2.24, 2.45) is 0 Å². The van der Waals surface area contributed by atoms with E-state index < -0.39 is 15.7 Å². The van der Waals surface area contributed by atoms with Gasteiger partial charge in [-0.15, -0.1) is 0 Å². The van der Waals surface area contributed by atoms with E-state index >= 15 is 0 Å². The van der Waals surface area contributed by atoms with Crippen LogP contribution in [-0.4, -0.2) is 24.9 Å². The quantitative estimate of drug-likeness (QED) is 0.577. The van der Waals surface area contributed by atoms with Crippen LogP contribution in [0.5, 0.6) is 0 Å². The first-order valence-corrected chi connectivity index (χ1v) is 6.09. The van der Waals surface area contributed by atoms with E-state index in [-0.39, 0.29) is 0 Å². The van der Waals surface area contributed by atoms with E-state index in [1.165, 1.54) is 17.1 Å². The molecule has 1 saturated carbocycles. The summed E-state index contributed by atoms with van der Waals surface area (Å²) in [4.78, 5) is 5.16. The maximum atomic E-state index is 11.1. The Balaban J connectivity index is 2.09. The molecular formula is C7H13NO3S. The molecule has 1 atom stereocenters. The molecule has 4 nitrogen and oxygen atoms in total.